The van der Waals surface area contributed by atoms with Crippen molar-refractivity contribution in [3.8, 4) is 10.8 Å². The molecule has 0 spiro atoms. The van der Waals surface area contributed by atoms with Gasteiger partial charge < -0.3 is 9.32 Å². The minimum atomic E-state index is -3.96. The van der Waals surface area contributed by atoms with E-state index in [0.717, 1.165) is 16.3 Å². The number of carbonyl (C=O) groups excluding carboxylic acids is 1. The summed E-state index contributed by atoms with van der Waals surface area (Å²) < 4.78 is 47.5. The largest absolute Gasteiger partial charge is 0.448 e. The van der Waals surface area contributed by atoms with Crippen molar-refractivity contribution in [1.82, 2.24) is 14.2 Å². The van der Waals surface area contributed by atoms with Gasteiger partial charge in [0.25, 0.3) is 5.91 Å². The van der Waals surface area contributed by atoms with Crippen molar-refractivity contribution in [3.05, 3.63) is 72.2 Å². The number of thiazole rings is 1. The predicted molar refractivity (Wildman–Crippen MR) is 118 cm³/mol. The molecule has 7 nitrogen and oxygen atoms in total. The normalized spacial score (nSPS) is 15.3. The third-order valence-electron chi connectivity index (χ3n) is 5.30. The number of fused-ring (bicyclic) bond motifs is 1. The van der Waals surface area contributed by atoms with Gasteiger partial charge in [-0.3, -0.25) is 4.79 Å². The first-order valence-electron chi connectivity index (χ1n) is 9.93. The molecule has 4 aromatic rings. The molecule has 164 valence electrons. The number of furan rings is 1. The van der Waals surface area contributed by atoms with Crippen LogP contribution in [0.4, 0.5) is 4.39 Å². The fourth-order valence-electron chi connectivity index (χ4n) is 3.63. The minimum absolute atomic E-state index is 0.0772. The Labute approximate surface area is 187 Å². The third kappa shape index (κ3) is 3.70. The molecule has 0 atom stereocenters. The topological polar surface area (TPSA) is 83.7 Å². The van der Waals surface area contributed by atoms with E-state index in [1.165, 1.54) is 38.7 Å². The Kier molecular flexibility index (Phi) is 5.28. The summed E-state index contributed by atoms with van der Waals surface area (Å²) >= 11 is 1.48. The van der Waals surface area contributed by atoms with Crippen molar-refractivity contribution in [3.63, 3.8) is 0 Å². The summed E-state index contributed by atoms with van der Waals surface area (Å²) in [6, 6.07) is 16.3. The number of para-hydroxylation sites is 1. The zero-order chi connectivity index (χ0) is 22.3. The quantitative estimate of drug-likeness (QED) is 0.452. The van der Waals surface area contributed by atoms with Crippen molar-refractivity contribution >= 4 is 37.5 Å². The highest BCUT2D eigenvalue weighted by Crippen LogP contribution is 2.31. The second-order valence-corrected chi connectivity index (χ2v) is 10.2. The fraction of sp³-hybridized carbons (Fsp3) is 0.182. The van der Waals surface area contributed by atoms with Gasteiger partial charge in [-0.15, -0.1) is 11.3 Å². The average molecular weight is 472 g/mol. The van der Waals surface area contributed by atoms with Crippen molar-refractivity contribution < 1.29 is 22.0 Å². The van der Waals surface area contributed by atoms with Gasteiger partial charge in [-0.1, -0.05) is 24.3 Å². The third-order valence-corrected chi connectivity index (χ3v) is 8.28. The number of piperazine rings is 1. The van der Waals surface area contributed by atoms with Crippen LogP contribution in [0.1, 0.15) is 10.6 Å². The molecule has 2 aromatic heterocycles. The molecule has 1 aliphatic heterocycles. The Balaban J connectivity index is 1.28. The average Bonchev–Trinajstić information content (AvgIpc) is 3.46. The van der Waals surface area contributed by atoms with E-state index >= 15 is 0 Å². The number of halogens is 1. The van der Waals surface area contributed by atoms with Gasteiger partial charge in [-0.2, -0.15) is 4.31 Å². The summed E-state index contributed by atoms with van der Waals surface area (Å²) in [5, 5.41) is 0.686. The molecule has 10 heteroatoms. The molecule has 0 unspecified atom stereocenters. The Morgan fingerprint density at radius 1 is 0.969 bits per heavy atom. The number of aromatic nitrogens is 1. The molecular formula is C22H18FN3O4S2. The monoisotopic (exact) mass is 471 g/mol. The molecule has 0 aliphatic carbocycles. The van der Waals surface area contributed by atoms with E-state index in [0.29, 0.717) is 10.8 Å². The highest BCUT2D eigenvalue weighted by molar-refractivity contribution is 7.89. The lowest BCUT2D eigenvalue weighted by atomic mass is 10.3. The molecule has 0 bridgehead atoms. The molecule has 0 saturated carbocycles. The summed E-state index contributed by atoms with van der Waals surface area (Å²) in [5.74, 6) is -0.427. The lowest BCUT2D eigenvalue weighted by molar-refractivity contribution is 0.0666. The SMILES string of the molecule is O=C(c1ccc(-c2nc3ccccc3s2)o1)N1CCN(S(=O)(=O)c2ccccc2F)CC1. The number of nitrogens with zero attached hydrogens (tertiary/aromatic N) is 3. The number of carbonyl (C=O) groups is 1. The molecule has 1 saturated heterocycles. The van der Waals surface area contributed by atoms with Gasteiger partial charge in [0.05, 0.1) is 10.2 Å². The summed E-state index contributed by atoms with van der Waals surface area (Å²) in [4.78, 5) is 18.6. The Morgan fingerprint density at radius 2 is 1.69 bits per heavy atom. The van der Waals surface area contributed by atoms with Crippen LogP contribution in [0.2, 0.25) is 0 Å². The Morgan fingerprint density at radius 3 is 2.44 bits per heavy atom. The first-order chi connectivity index (χ1) is 15.4. The second kappa shape index (κ2) is 8.12. The first kappa shape index (κ1) is 20.8. The van der Waals surface area contributed by atoms with E-state index in [1.807, 2.05) is 24.3 Å². The minimum Gasteiger partial charge on any atom is -0.448 e. The number of hydrogen-bond acceptors (Lipinski definition) is 6. The lowest BCUT2D eigenvalue weighted by Crippen LogP contribution is -2.50. The molecule has 3 heterocycles. The number of rotatable bonds is 4. The van der Waals surface area contributed by atoms with Crippen LogP contribution in [0.5, 0.6) is 0 Å². The maximum absolute atomic E-state index is 14.0. The molecule has 1 amide bonds. The summed E-state index contributed by atoms with van der Waals surface area (Å²) in [6.45, 7) is 0.523. The second-order valence-electron chi connectivity index (χ2n) is 7.28. The Hall–Kier alpha value is -3.08. The van der Waals surface area contributed by atoms with Gasteiger partial charge in [0.2, 0.25) is 10.0 Å². The van der Waals surface area contributed by atoms with Gasteiger partial charge in [0.1, 0.15) is 10.7 Å². The van der Waals surface area contributed by atoms with Gasteiger partial charge in [0.15, 0.2) is 16.5 Å². The maximum Gasteiger partial charge on any atom is 0.289 e. The Bertz CT molecular complexity index is 1370. The molecule has 0 radical (unpaired) electrons. The standard InChI is InChI=1S/C22H18FN3O4S2/c23-15-5-1-4-8-20(15)32(28,29)26-13-11-25(12-14-26)22(27)18-10-9-17(30-18)21-24-16-6-2-3-7-19(16)31-21/h1-10H,11-14H2. The van der Waals surface area contributed by atoms with Crippen molar-refractivity contribution in [2.24, 2.45) is 0 Å². The number of amides is 1. The van der Waals surface area contributed by atoms with E-state index in [-0.39, 0.29) is 42.7 Å². The van der Waals surface area contributed by atoms with Crippen LogP contribution in [0.25, 0.3) is 21.0 Å². The van der Waals surface area contributed by atoms with Gasteiger partial charge in [-0.25, -0.2) is 17.8 Å². The zero-order valence-electron chi connectivity index (χ0n) is 16.8. The van der Waals surface area contributed by atoms with Crippen LogP contribution in [0.15, 0.2) is 70.0 Å². The fourth-order valence-corrected chi connectivity index (χ4v) is 6.04. The van der Waals surface area contributed by atoms with Gasteiger partial charge >= 0.3 is 0 Å². The number of sulfonamides is 1. The molecule has 0 N–H and O–H groups in total. The van der Waals surface area contributed by atoms with E-state index in [9.17, 15) is 17.6 Å². The first-order valence-corrected chi connectivity index (χ1v) is 12.2. The predicted octanol–water partition coefficient (Wildman–Crippen LogP) is 3.84. The van der Waals surface area contributed by atoms with Gasteiger partial charge in [0, 0.05) is 26.2 Å². The number of hydrogen-bond donors (Lipinski definition) is 0. The van der Waals surface area contributed by atoms with E-state index < -0.39 is 15.8 Å². The zero-order valence-corrected chi connectivity index (χ0v) is 18.4. The smallest absolute Gasteiger partial charge is 0.289 e. The maximum atomic E-state index is 14.0. The van der Waals surface area contributed by atoms with E-state index in [1.54, 1.807) is 12.1 Å². The van der Waals surface area contributed by atoms with Crippen molar-refractivity contribution in [1.29, 1.82) is 0 Å². The number of benzene rings is 2. The van der Waals surface area contributed by atoms with Crippen LogP contribution in [0, 0.1) is 5.82 Å². The van der Waals surface area contributed by atoms with E-state index in [2.05, 4.69) is 4.98 Å². The highest BCUT2D eigenvalue weighted by atomic mass is 32.2. The van der Waals surface area contributed by atoms with Crippen LogP contribution in [0.3, 0.4) is 0 Å². The van der Waals surface area contributed by atoms with Crippen molar-refractivity contribution in [2.75, 3.05) is 26.2 Å². The van der Waals surface area contributed by atoms with Crippen LogP contribution in [-0.2, 0) is 10.0 Å². The summed E-state index contributed by atoms with van der Waals surface area (Å²) in [5.41, 5.74) is 0.865. The van der Waals surface area contributed by atoms with Crippen LogP contribution >= 0.6 is 11.3 Å². The molecule has 5 rings (SSSR count). The van der Waals surface area contributed by atoms with Crippen molar-refractivity contribution in [2.45, 2.75) is 4.90 Å². The molecule has 1 fully saturated rings. The van der Waals surface area contributed by atoms with Crippen LogP contribution in [-0.4, -0.2) is 54.7 Å². The molecule has 1 aliphatic rings. The lowest BCUT2D eigenvalue weighted by Gasteiger charge is -2.33. The molecular weight excluding hydrogens is 453 g/mol. The summed E-state index contributed by atoms with van der Waals surface area (Å²) in [6.07, 6.45) is 0. The van der Waals surface area contributed by atoms with Crippen LogP contribution < -0.4 is 0 Å². The van der Waals surface area contributed by atoms with Gasteiger partial charge in [-0.05, 0) is 36.4 Å². The highest BCUT2D eigenvalue weighted by Gasteiger charge is 2.32. The molecule has 2 aromatic carbocycles. The van der Waals surface area contributed by atoms with E-state index in [4.69, 9.17) is 4.42 Å². The molecule has 32 heavy (non-hydrogen) atoms. The summed E-state index contributed by atoms with van der Waals surface area (Å²) in [7, 11) is -3.96.